The van der Waals surface area contributed by atoms with Crippen LogP contribution in [-0.2, 0) is 10.0 Å². The number of nitriles is 1. The number of sulfonamides is 1. The van der Waals surface area contributed by atoms with Crippen LogP contribution in [-0.4, -0.2) is 14.7 Å². The fourth-order valence-electron chi connectivity index (χ4n) is 0.867. The van der Waals surface area contributed by atoms with Crippen LogP contribution in [0.4, 0.5) is 5.69 Å². The molecule has 0 spiro atoms. The van der Waals surface area contributed by atoms with Gasteiger partial charge in [0.2, 0.25) is 10.0 Å². The lowest BCUT2D eigenvalue weighted by molar-refractivity contribution is 0.607. The molecule has 0 fully saturated rings. The number of nitrogens with one attached hydrogen (secondary N) is 1. The van der Waals surface area contributed by atoms with Crippen molar-refractivity contribution in [3.05, 3.63) is 27.3 Å². The summed E-state index contributed by atoms with van der Waals surface area (Å²) in [6.07, 6.45) is 1.08. The summed E-state index contributed by atoms with van der Waals surface area (Å²) in [4.78, 5) is 0. The third kappa shape index (κ3) is 3.16. The molecule has 14 heavy (non-hydrogen) atoms. The molecule has 1 N–H and O–H groups in total. The summed E-state index contributed by atoms with van der Waals surface area (Å²) in [5.74, 6) is 0. The van der Waals surface area contributed by atoms with E-state index in [1.165, 1.54) is 0 Å². The number of hydrogen-bond donors (Lipinski definition) is 1. The molecule has 0 aliphatic rings. The third-order valence-corrected chi connectivity index (χ3v) is 2.88. The van der Waals surface area contributed by atoms with Crippen LogP contribution in [0.25, 0.3) is 0 Å². The van der Waals surface area contributed by atoms with Crippen LogP contribution < -0.4 is 4.72 Å². The second kappa shape index (κ2) is 4.14. The van der Waals surface area contributed by atoms with Crippen molar-refractivity contribution in [3.8, 4) is 6.07 Å². The van der Waals surface area contributed by atoms with E-state index in [0.29, 0.717) is 14.8 Å². The zero-order chi connectivity index (χ0) is 10.8. The molecule has 0 aromatic heterocycles. The van der Waals surface area contributed by atoms with Crippen LogP contribution in [0.5, 0.6) is 0 Å². The van der Waals surface area contributed by atoms with Crippen LogP contribution in [0.1, 0.15) is 5.56 Å². The molecule has 6 heteroatoms. The van der Waals surface area contributed by atoms with Crippen molar-refractivity contribution < 1.29 is 8.42 Å². The molecule has 4 nitrogen and oxygen atoms in total. The minimum Gasteiger partial charge on any atom is -0.283 e. The van der Waals surface area contributed by atoms with E-state index < -0.39 is 10.0 Å². The van der Waals surface area contributed by atoms with Gasteiger partial charge < -0.3 is 0 Å². The number of halogens is 1. The molecule has 1 aromatic carbocycles. The summed E-state index contributed by atoms with van der Waals surface area (Å²) >= 11 is 1.97. The van der Waals surface area contributed by atoms with Gasteiger partial charge in [-0.2, -0.15) is 5.26 Å². The summed E-state index contributed by atoms with van der Waals surface area (Å²) in [5.41, 5.74) is 1.00. The maximum Gasteiger partial charge on any atom is 0.229 e. The first-order chi connectivity index (χ1) is 6.42. The van der Waals surface area contributed by atoms with Gasteiger partial charge in [-0.25, -0.2) is 8.42 Å². The standard InChI is InChI=1S/C8H7IN2O2S/c1-14(12,13)11-8-3-2-6(5-10)4-7(8)9/h2-4,11H,1H3. The first-order valence-corrected chi connectivity index (χ1v) is 6.57. The quantitative estimate of drug-likeness (QED) is 0.840. The van der Waals surface area contributed by atoms with Crippen molar-refractivity contribution in [2.24, 2.45) is 0 Å². The van der Waals surface area contributed by atoms with E-state index >= 15 is 0 Å². The zero-order valence-corrected chi connectivity index (χ0v) is 10.3. The second-order valence-electron chi connectivity index (χ2n) is 2.68. The highest BCUT2D eigenvalue weighted by Gasteiger charge is 2.05. The molecule has 0 bridgehead atoms. The molecule has 0 aliphatic heterocycles. The highest BCUT2D eigenvalue weighted by Crippen LogP contribution is 2.20. The Kier molecular flexibility index (Phi) is 3.34. The van der Waals surface area contributed by atoms with E-state index in [0.717, 1.165) is 6.26 Å². The molecule has 1 aromatic rings. The van der Waals surface area contributed by atoms with Gasteiger partial charge in [0.25, 0.3) is 0 Å². The van der Waals surface area contributed by atoms with Crippen molar-refractivity contribution in [2.75, 3.05) is 11.0 Å². The van der Waals surface area contributed by atoms with Gasteiger partial charge in [-0.15, -0.1) is 0 Å². The molecule has 0 heterocycles. The van der Waals surface area contributed by atoms with Crippen LogP contribution >= 0.6 is 22.6 Å². The van der Waals surface area contributed by atoms with Gasteiger partial charge in [0.1, 0.15) is 0 Å². The van der Waals surface area contributed by atoms with Crippen molar-refractivity contribution in [1.29, 1.82) is 5.26 Å². The smallest absolute Gasteiger partial charge is 0.229 e. The molecular weight excluding hydrogens is 315 g/mol. The molecule has 0 amide bonds. The number of anilines is 1. The predicted octanol–water partition coefficient (Wildman–Crippen LogP) is 1.53. The predicted molar refractivity (Wildman–Crippen MR) is 62.3 cm³/mol. The van der Waals surface area contributed by atoms with Crippen molar-refractivity contribution >= 4 is 38.3 Å². The molecule has 0 atom stereocenters. The van der Waals surface area contributed by atoms with E-state index in [2.05, 4.69) is 4.72 Å². The van der Waals surface area contributed by atoms with Crippen molar-refractivity contribution in [1.82, 2.24) is 0 Å². The van der Waals surface area contributed by atoms with E-state index in [-0.39, 0.29) is 0 Å². The van der Waals surface area contributed by atoms with Gasteiger partial charge >= 0.3 is 0 Å². The summed E-state index contributed by atoms with van der Waals surface area (Å²) in [6.45, 7) is 0. The van der Waals surface area contributed by atoms with Crippen LogP contribution in [0.3, 0.4) is 0 Å². The summed E-state index contributed by atoms with van der Waals surface area (Å²) in [7, 11) is -3.26. The number of nitrogens with zero attached hydrogens (tertiary/aromatic N) is 1. The Hall–Kier alpha value is -0.810. The first kappa shape index (κ1) is 11.3. The minimum atomic E-state index is -3.26. The van der Waals surface area contributed by atoms with Crippen LogP contribution in [0.15, 0.2) is 18.2 Å². The maximum absolute atomic E-state index is 10.9. The Bertz CT molecular complexity index is 491. The van der Waals surface area contributed by atoms with E-state index in [1.807, 2.05) is 28.7 Å². The SMILES string of the molecule is CS(=O)(=O)Nc1ccc(C#N)cc1I. The Morgan fingerprint density at radius 1 is 1.50 bits per heavy atom. The molecule has 0 saturated heterocycles. The normalized spacial score (nSPS) is 10.6. The van der Waals surface area contributed by atoms with Crippen LogP contribution in [0, 0.1) is 14.9 Å². The minimum absolute atomic E-state index is 0.493. The fraction of sp³-hybridized carbons (Fsp3) is 0.125. The van der Waals surface area contributed by atoms with E-state index in [1.54, 1.807) is 18.2 Å². The molecule has 0 aliphatic carbocycles. The lowest BCUT2D eigenvalue weighted by atomic mass is 10.2. The molecule has 0 radical (unpaired) electrons. The molecule has 0 unspecified atom stereocenters. The lowest BCUT2D eigenvalue weighted by Crippen LogP contribution is -2.10. The average molecular weight is 322 g/mol. The fourth-order valence-corrected chi connectivity index (χ4v) is 2.28. The third-order valence-electron chi connectivity index (χ3n) is 1.39. The maximum atomic E-state index is 10.9. The van der Waals surface area contributed by atoms with Gasteiger partial charge in [0.15, 0.2) is 0 Å². The van der Waals surface area contributed by atoms with Gasteiger partial charge in [0.05, 0.1) is 23.6 Å². The summed E-state index contributed by atoms with van der Waals surface area (Å²) < 4.78 is 24.9. The Morgan fingerprint density at radius 3 is 2.57 bits per heavy atom. The van der Waals surface area contributed by atoms with Gasteiger partial charge in [-0.3, -0.25) is 4.72 Å². The molecule has 74 valence electrons. The Labute approximate surface area is 96.1 Å². The highest BCUT2D eigenvalue weighted by molar-refractivity contribution is 14.1. The van der Waals surface area contributed by atoms with Gasteiger partial charge in [-0.1, -0.05) is 0 Å². The van der Waals surface area contributed by atoms with Gasteiger partial charge in [-0.05, 0) is 40.8 Å². The molecule has 0 saturated carbocycles. The van der Waals surface area contributed by atoms with Crippen molar-refractivity contribution in [2.45, 2.75) is 0 Å². The van der Waals surface area contributed by atoms with Crippen LogP contribution in [0.2, 0.25) is 0 Å². The summed E-state index contributed by atoms with van der Waals surface area (Å²) in [5, 5.41) is 8.59. The molecular formula is C8H7IN2O2S. The topological polar surface area (TPSA) is 70.0 Å². The largest absolute Gasteiger partial charge is 0.283 e. The number of hydrogen-bond acceptors (Lipinski definition) is 3. The number of rotatable bonds is 2. The molecule has 1 rings (SSSR count). The monoisotopic (exact) mass is 322 g/mol. The van der Waals surface area contributed by atoms with Gasteiger partial charge in [0, 0.05) is 3.57 Å². The average Bonchev–Trinajstić information content (AvgIpc) is 2.06. The first-order valence-electron chi connectivity index (χ1n) is 3.60. The van der Waals surface area contributed by atoms with E-state index in [9.17, 15) is 8.42 Å². The highest BCUT2D eigenvalue weighted by atomic mass is 127. The Balaban J connectivity index is 3.09. The van der Waals surface area contributed by atoms with E-state index in [4.69, 9.17) is 5.26 Å². The van der Waals surface area contributed by atoms with Crippen molar-refractivity contribution in [3.63, 3.8) is 0 Å². The zero-order valence-electron chi connectivity index (χ0n) is 7.28. The lowest BCUT2D eigenvalue weighted by Gasteiger charge is -2.05. The Morgan fingerprint density at radius 2 is 2.14 bits per heavy atom. The number of benzene rings is 1. The summed E-state index contributed by atoms with van der Waals surface area (Å²) in [6, 6.07) is 6.73. The second-order valence-corrected chi connectivity index (χ2v) is 5.59.